The van der Waals surface area contributed by atoms with Crippen LogP contribution >= 0.6 is 0 Å². The third-order valence-electron chi connectivity index (χ3n) is 4.72. The van der Waals surface area contributed by atoms with Gasteiger partial charge in [0.2, 0.25) is 5.96 Å². The van der Waals surface area contributed by atoms with E-state index in [1.165, 1.54) is 25.3 Å². The van der Waals surface area contributed by atoms with Crippen LogP contribution in [-0.4, -0.2) is 19.4 Å². The van der Waals surface area contributed by atoms with Crippen LogP contribution in [0, 0.1) is 25.5 Å². The molecule has 1 aromatic heterocycles. The van der Waals surface area contributed by atoms with Crippen LogP contribution in [0.15, 0.2) is 58.5 Å². The minimum atomic E-state index is -4.15. The first-order valence-corrected chi connectivity index (χ1v) is 10.7. The van der Waals surface area contributed by atoms with E-state index in [1.54, 1.807) is 12.1 Å². The molecule has 0 saturated carbocycles. The summed E-state index contributed by atoms with van der Waals surface area (Å²) in [4.78, 5) is 7.66. The molecule has 0 saturated heterocycles. The third-order valence-corrected chi connectivity index (χ3v) is 6.08. The highest BCUT2D eigenvalue weighted by Crippen LogP contribution is 2.41. The van der Waals surface area contributed by atoms with Crippen LogP contribution in [0.25, 0.3) is 0 Å². The molecule has 0 amide bonds. The highest BCUT2D eigenvalue weighted by molar-refractivity contribution is 7.90. The number of guanidine groups is 1. The summed E-state index contributed by atoms with van der Waals surface area (Å²) < 4.78 is 62.0. The first kappa shape index (κ1) is 20.7. The number of fused-ring (bicyclic) bond motifs is 1. The minimum absolute atomic E-state index is 0.0195. The number of anilines is 1. The van der Waals surface area contributed by atoms with Gasteiger partial charge in [0.25, 0.3) is 10.0 Å². The summed E-state index contributed by atoms with van der Waals surface area (Å²) in [5.74, 6) is -0.979. The zero-order chi connectivity index (χ0) is 22.2. The predicted molar refractivity (Wildman–Crippen MR) is 112 cm³/mol. The molecule has 2 aromatic carbocycles. The smallest absolute Gasteiger partial charge is 0.266 e. The summed E-state index contributed by atoms with van der Waals surface area (Å²) in [6, 6.07) is 10.7. The number of hydrogen-bond acceptors (Lipinski definition) is 5. The van der Waals surface area contributed by atoms with Crippen molar-refractivity contribution in [2.45, 2.75) is 25.3 Å². The zero-order valence-electron chi connectivity index (χ0n) is 16.6. The van der Waals surface area contributed by atoms with E-state index in [0.717, 1.165) is 11.6 Å². The van der Waals surface area contributed by atoms with Crippen molar-refractivity contribution in [1.82, 2.24) is 9.71 Å². The summed E-state index contributed by atoms with van der Waals surface area (Å²) in [7, 11) is -4.15. The number of nitrogens with one attached hydrogen (secondary N) is 2. The average molecular weight is 444 g/mol. The number of para-hydroxylation sites is 1. The fourth-order valence-corrected chi connectivity index (χ4v) is 4.18. The number of aliphatic imine (C=N–C) groups is 1. The van der Waals surface area contributed by atoms with Crippen molar-refractivity contribution in [3.8, 4) is 11.5 Å². The molecule has 7 nitrogen and oxygen atoms in total. The average Bonchev–Trinajstić information content (AvgIpc) is 2.72. The van der Waals surface area contributed by atoms with Crippen LogP contribution in [-0.2, 0) is 16.6 Å². The maximum atomic E-state index is 14.5. The molecule has 31 heavy (non-hydrogen) atoms. The Morgan fingerprint density at radius 3 is 2.61 bits per heavy atom. The summed E-state index contributed by atoms with van der Waals surface area (Å²) in [5, 5.41) is 2.84. The fourth-order valence-electron chi connectivity index (χ4n) is 3.03. The lowest BCUT2D eigenvalue weighted by Gasteiger charge is -2.25. The topological polar surface area (TPSA) is 92.7 Å². The Morgan fingerprint density at radius 1 is 1.10 bits per heavy atom. The molecule has 0 spiro atoms. The van der Waals surface area contributed by atoms with Crippen molar-refractivity contribution in [1.29, 1.82) is 0 Å². The Labute approximate surface area is 177 Å². The van der Waals surface area contributed by atoms with Gasteiger partial charge < -0.3 is 10.1 Å². The maximum Gasteiger partial charge on any atom is 0.266 e. The van der Waals surface area contributed by atoms with Gasteiger partial charge in [0, 0.05) is 11.8 Å². The Bertz CT molecular complexity index is 1310. The fraction of sp³-hybridized carbons (Fsp3) is 0.143. The molecule has 0 fully saturated rings. The lowest BCUT2D eigenvalue weighted by molar-refractivity contribution is 0.467. The van der Waals surface area contributed by atoms with E-state index < -0.39 is 21.7 Å². The Morgan fingerprint density at radius 2 is 1.87 bits per heavy atom. The van der Waals surface area contributed by atoms with Crippen molar-refractivity contribution < 1.29 is 21.9 Å². The molecule has 2 N–H and O–H groups in total. The van der Waals surface area contributed by atoms with Crippen LogP contribution in [0.5, 0.6) is 11.5 Å². The molecule has 3 aromatic rings. The molecule has 2 heterocycles. The first-order chi connectivity index (χ1) is 14.8. The third kappa shape index (κ3) is 4.06. The maximum absolute atomic E-state index is 14.5. The number of rotatable bonds is 4. The molecule has 160 valence electrons. The van der Waals surface area contributed by atoms with E-state index in [2.05, 4.69) is 20.0 Å². The lowest BCUT2D eigenvalue weighted by Crippen LogP contribution is -2.41. The van der Waals surface area contributed by atoms with E-state index in [4.69, 9.17) is 4.74 Å². The van der Waals surface area contributed by atoms with E-state index in [-0.39, 0.29) is 40.1 Å². The van der Waals surface area contributed by atoms with Crippen molar-refractivity contribution in [3.05, 3.63) is 77.1 Å². The molecule has 0 aliphatic carbocycles. The van der Waals surface area contributed by atoms with Gasteiger partial charge in [-0.15, -0.1) is 0 Å². The number of nitrogens with zero attached hydrogens (tertiary/aromatic N) is 2. The second-order valence-corrected chi connectivity index (χ2v) is 8.53. The lowest BCUT2D eigenvalue weighted by atomic mass is 10.1. The molecule has 1 aliphatic heterocycles. The number of hydrogen-bond donors (Lipinski definition) is 2. The summed E-state index contributed by atoms with van der Waals surface area (Å²) in [6.07, 6.45) is 1.41. The number of benzene rings is 2. The van der Waals surface area contributed by atoms with Gasteiger partial charge in [-0.2, -0.15) is 0 Å². The molecular formula is C21H18F2N4O3S. The van der Waals surface area contributed by atoms with Gasteiger partial charge in [-0.1, -0.05) is 18.2 Å². The normalized spacial score (nSPS) is 15.7. The van der Waals surface area contributed by atoms with Crippen LogP contribution in [0.3, 0.4) is 0 Å². The summed E-state index contributed by atoms with van der Waals surface area (Å²) in [5.41, 5.74) is 1.01. The van der Waals surface area contributed by atoms with Gasteiger partial charge in [0.15, 0.2) is 5.75 Å². The number of halogens is 2. The highest BCUT2D eigenvalue weighted by atomic mass is 32.2. The van der Waals surface area contributed by atoms with Gasteiger partial charge in [0.05, 0.1) is 12.2 Å². The largest absolute Gasteiger partial charge is 0.454 e. The van der Waals surface area contributed by atoms with Gasteiger partial charge in [0.1, 0.15) is 28.0 Å². The van der Waals surface area contributed by atoms with Crippen LogP contribution in [0.2, 0.25) is 0 Å². The predicted octanol–water partition coefficient (Wildman–Crippen LogP) is 4.03. The molecular weight excluding hydrogens is 426 g/mol. The van der Waals surface area contributed by atoms with Gasteiger partial charge in [-0.3, -0.25) is 4.98 Å². The standard InChI is InChI=1S/C21H18F2N4O3S/c1-12-6-3-4-8-17(12)30-20-13(2)15(23)10-18-19(20)26-21(27-31(18,28)29)25-11-16-14(22)7-5-9-24-16/h3-10H,11H2,1-2H3,(H2,25,26,27). The van der Waals surface area contributed by atoms with Crippen LogP contribution < -0.4 is 14.8 Å². The number of aromatic nitrogens is 1. The monoisotopic (exact) mass is 444 g/mol. The molecule has 0 atom stereocenters. The Kier molecular flexibility index (Phi) is 5.32. The molecule has 1 aliphatic rings. The molecule has 0 radical (unpaired) electrons. The SMILES string of the molecule is Cc1ccccc1Oc1c(C)c(F)cc2c1NC(=NCc1ncccc1F)NS2(=O)=O. The van der Waals surface area contributed by atoms with Crippen molar-refractivity contribution in [2.24, 2.45) is 4.99 Å². The van der Waals surface area contributed by atoms with E-state index in [1.807, 2.05) is 19.1 Å². The highest BCUT2D eigenvalue weighted by Gasteiger charge is 2.32. The van der Waals surface area contributed by atoms with E-state index in [0.29, 0.717) is 5.75 Å². The quantitative estimate of drug-likeness (QED) is 0.634. The van der Waals surface area contributed by atoms with Crippen molar-refractivity contribution in [3.63, 3.8) is 0 Å². The second kappa shape index (κ2) is 7.95. The zero-order valence-corrected chi connectivity index (χ0v) is 17.4. The molecule has 4 rings (SSSR count). The Balaban J connectivity index is 1.78. The number of aryl methyl sites for hydroxylation is 1. The molecule has 0 bridgehead atoms. The van der Waals surface area contributed by atoms with E-state index in [9.17, 15) is 17.2 Å². The van der Waals surface area contributed by atoms with Gasteiger partial charge in [-0.25, -0.2) is 26.9 Å². The van der Waals surface area contributed by atoms with Crippen LogP contribution in [0.1, 0.15) is 16.8 Å². The molecule has 10 heteroatoms. The van der Waals surface area contributed by atoms with Crippen molar-refractivity contribution >= 4 is 21.7 Å². The summed E-state index contributed by atoms with van der Waals surface area (Å²) in [6.45, 7) is 3.09. The molecule has 0 unspecified atom stereocenters. The minimum Gasteiger partial charge on any atom is -0.454 e. The first-order valence-electron chi connectivity index (χ1n) is 9.26. The van der Waals surface area contributed by atoms with Crippen molar-refractivity contribution in [2.75, 3.05) is 5.32 Å². The van der Waals surface area contributed by atoms with Crippen LogP contribution in [0.4, 0.5) is 14.5 Å². The Hall–Kier alpha value is -3.53. The number of sulfonamides is 1. The van der Waals surface area contributed by atoms with Gasteiger partial charge >= 0.3 is 0 Å². The number of ether oxygens (including phenoxy) is 1. The van der Waals surface area contributed by atoms with E-state index >= 15 is 0 Å². The number of pyridine rings is 1. The second-order valence-electron chi connectivity index (χ2n) is 6.88. The summed E-state index contributed by atoms with van der Waals surface area (Å²) >= 11 is 0. The van der Waals surface area contributed by atoms with Gasteiger partial charge in [-0.05, 0) is 43.7 Å².